The zero-order chi connectivity index (χ0) is 13.8. The van der Waals surface area contributed by atoms with Gasteiger partial charge >= 0.3 is 0 Å². The number of aryl methyl sites for hydroxylation is 1. The van der Waals surface area contributed by atoms with E-state index in [1.165, 1.54) is 27.5 Å². The molecule has 0 bridgehead atoms. The van der Waals surface area contributed by atoms with Crippen LogP contribution in [-0.4, -0.2) is 0 Å². The van der Waals surface area contributed by atoms with Crippen LogP contribution in [0.4, 0.5) is 0 Å². The van der Waals surface area contributed by atoms with Crippen molar-refractivity contribution in [2.45, 2.75) is 19.3 Å². The van der Waals surface area contributed by atoms with E-state index in [2.05, 4.69) is 73.7 Å². The molecular weight excluding hydrogens is 240 g/mol. The van der Waals surface area contributed by atoms with Crippen molar-refractivity contribution in [3.8, 4) is 11.1 Å². The number of fused-ring (bicyclic) bond motifs is 1. The largest absolute Gasteiger partial charge is 0.0622 e. The molecule has 1 radical (unpaired) electrons. The Labute approximate surface area is 121 Å². The number of unbranched alkanes of at least 4 members (excludes halogenated alkanes) is 1. The summed E-state index contributed by atoms with van der Waals surface area (Å²) in [5.41, 5.74) is 4.04. The van der Waals surface area contributed by atoms with Crippen molar-refractivity contribution in [3.05, 3.63) is 79.2 Å². The first-order valence-electron chi connectivity index (χ1n) is 7.25. The van der Waals surface area contributed by atoms with Gasteiger partial charge in [-0.25, -0.2) is 0 Å². The third-order valence-corrected chi connectivity index (χ3v) is 3.80. The Morgan fingerprint density at radius 1 is 0.700 bits per heavy atom. The van der Waals surface area contributed by atoms with Crippen molar-refractivity contribution >= 4 is 10.8 Å². The highest BCUT2D eigenvalue weighted by Crippen LogP contribution is 2.31. The molecule has 0 aliphatic carbocycles. The molecule has 0 saturated heterocycles. The van der Waals surface area contributed by atoms with Crippen LogP contribution >= 0.6 is 0 Å². The van der Waals surface area contributed by atoms with Crippen LogP contribution in [0.1, 0.15) is 18.4 Å². The van der Waals surface area contributed by atoms with Crippen LogP contribution in [0.3, 0.4) is 0 Å². The lowest BCUT2D eigenvalue weighted by atomic mass is 9.93. The molecule has 0 aliphatic rings. The molecule has 0 nitrogen and oxygen atoms in total. The fourth-order valence-electron chi connectivity index (χ4n) is 2.76. The Morgan fingerprint density at radius 2 is 1.40 bits per heavy atom. The van der Waals surface area contributed by atoms with E-state index >= 15 is 0 Å². The highest BCUT2D eigenvalue weighted by Gasteiger charge is 2.06. The van der Waals surface area contributed by atoms with Crippen LogP contribution in [0.25, 0.3) is 21.9 Å². The second kappa shape index (κ2) is 5.92. The number of benzene rings is 3. The molecule has 0 fully saturated rings. The summed E-state index contributed by atoms with van der Waals surface area (Å²) in [5, 5.41) is 2.72. The van der Waals surface area contributed by atoms with Gasteiger partial charge in [0.15, 0.2) is 0 Å². The average Bonchev–Trinajstić information content (AvgIpc) is 2.53. The SMILES string of the molecule is [CH2]CCCc1ccc(-c2ccccc2)c2ccccc12. The third kappa shape index (κ3) is 2.46. The number of rotatable bonds is 4. The van der Waals surface area contributed by atoms with Gasteiger partial charge in [-0.1, -0.05) is 80.1 Å². The Hall–Kier alpha value is -2.08. The van der Waals surface area contributed by atoms with Crippen molar-refractivity contribution < 1.29 is 0 Å². The van der Waals surface area contributed by atoms with Crippen LogP contribution < -0.4 is 0 Å². The molecule has 0 heterocycles. The zero-order valence-corrected chi connectivity index (χ0v) is 11.7. The van der Waals surface area contributed by atoms with Crippen molar-refractivity contribution in [2.24, 2.45) is 0 Å². The molecule has 0 atom stereocenters. The normalized spacial score (nSPS) is 10.8. The lowest BCUT2D eigenvalue weighted by molar-refractivity contribution is 0.846. The molecule has 0 N–H and O–H groups in total. The fourth-order valence-corrected chi connectivity index (χ4v) is 2.76. The summed E-state index contributed by atoms with van der Waals surface area (Å²) in [6, 6.07) is 23.9. The average molecular weight is 259 g/mol. The molecule has 3 rings (SSSR count). The fraction of sp³-hybridized carbons (Fsp3) is 0.150. The van der Waals surface area contributed by atoms with E-state index in [-0.39, 0.29) is 0 Å². The summed E-state index contributed by atoms with van der Waals surface area (Å²) in [6.07, 6.45) is 3.25. The summed E-state index contributed by atoms with van der Waals surface area (Å²) < 4.78 is 0. The topological polar surface area (TPSA) is 0 Å². The van der Waals surface area contributed by atoms with Gasteiger partial charge in [-0.05, 0) is 40.3 Å². The minimum absolute atomic E-state index is 0.995. The van der Waals surface area contributed by atoms with E-state index in [0.717, 1.165) is 19.3 Å². The molecular formula is C20H19. The Morgan fingerprint density at radius 3 is 2.15 bits per heavy atom. The van der Waals surface area contributed by atoms with Gasteiger partial charge in [0.25, 0.3) is 0 Å². The van der Waals surface area contributed by atoms with Crippen LogP contribution in [0, 0.1) is 6.92 Å². The standard InChI is InChI=1S/C20H19/c1-2-3-9-17-14-15-19(16-10-5-4-6-11-16)20-13-8-7-12-18(17)20/h4-8,10-15H,1-3,9H2. The lowest BCUT2D eigenvalue weighted by Gasteiger charge is -2.11. The summed E-state index contributed by atoms with van der Waals surface area (Å²) in [4.78, 5) is 0. The molecule has 0 unspecified atom stereocenters. The van der Waals surface area contributed by atoms with Crippen LogP contribution in [0.2, 0.25) is 0 Å². The molecule has 3 aromatic carbocycles. The molecule has 0 heteroatoms. The first-order chi connectivity index (χ1) is 9.90. The smallest absolute Gasteiger partial charge is 0.0103 e. The molecule has 99 valence electrons. The maximum atomic E-state index is 3.95. The van der Waals surface area contributed by atoms with E-state index in [1.54, 1.807) is 0 Å². The molecule has 20 heavy (non-hydrogen) atoms. The second-order valence-electron chi connectivity index (χ2n) is 5.14. The van der Waals surface area contributed by atoms with Crippen LogP contribution in [-0.2, 0) is 6.42 Å². The quantitative estimate of drug-likeness (QED) is 0.567. The number of hydrogen-bond acceptors (Lipinski definition) is 0. The van der Waals surface area contributed by atoms with Gasteiger partial charge in [0.1, 0.15) is 0 Å². The monoisotopic (exact) mass is 259 g/mol. The van der Waals surface area contributed by atoms with Crippen molar-refractivity contribution in [1.29, 1.82) is 0 Å². The van der Waals surface area contributed by atoms with E-state index in [9.17, 15) is 0 Å². The van der Waals surface area contributed by atoms with Gasteiger partial charge in [0, 0.05) is 0 Å². The van der Waals surface area contributed by atoms with E-state index in [1.807, 2.05) is 0 Å². The Balaban J connectivity index is 2.16. The second-order valence-corrected chi connectivity index (χ2v) is 5.14. The van der Waals surface area contributed by atoms with Crippen molar-refractivity contribution in [2.75, 3.05) is 0 Å². The summed E-state index contributed by atoms with van der Waals surface area (Å²) in [6.45, 7) is 3.95. The maximum Gasteiger partial charge on any atom is -0.0103 e. The third-order valence-electron chi connectivity index (χ3n) is 3.80. The predicted octanol–water partition coefficient (Wildman–Crippen LogP) is 5.66. The minimum atomic E-state index is 0.995. The van der Waals surface area contributed by atoms with Gasteiger partial charge < -0.3 is 0 Å². The van der Waals surface area contributed by atoms with Crippen molar-refractivity contribution in [3.63, 3.8) is 0 Å². The molecule has 0 saturated carbocycles. The highest BCUT2D eigenvalue weighted by molar-refractivity contribution is 5.98. The molecule has 3 aromatic rings. The van der Waals surface area contributed by atoms with E-state index in [0.29, 0.717) is 0 Å². The Bertz CT molecular complexity index is 696. The predicted molar refractivity (Wildman–Crippen MR) is 87.7 cm³/mol. The summed E-state index contributed by atoms with van der Waals surface area (Å²) in [5.74, 6) is 0. The summed E-state index contributed by atoms with van der Waals surface area (Å²) in [7, 11) is 0. The molecule has 0 spiro atoms. The zero-order valence-electron chi connectivity index (χ0n) is 11.7. The maximum absolute atomic E-state index is 3.95. The van der Waals surface area contributed by atoms with Gasteiger partial charge in [-0.15, -0.1) is 0 Å². The van der Waals surface area contributed by atoms with Gasteiger partial charge in [0.05, 0.1) is 0 Å². The summed E-state index contributed by atoms with van der Waals surface area (Å²) >= 11 is 0. The molecule has 0 aromatic heterocycles. The Kier molecular flexibility index (Phi) is 3.83. The number of hydrogen-bond donors (Lipinski definition) is 0. The minimum Gasteiger partial charge on any atom is -0.0622 e. The first kappa shape index (κ1) is 12.9. The van der Waals surface area contributed by atoms with Crippen LogP contribution in [0.15, 0.2) is 66.7 Å². The molecule has 0 amide bonds. The first-order valence-corrected chi connectivity index (χ1v) is 7.25. The van der Waals surface area contributed by atoms with Gasteiger partial charge in [-0.3, -0.25) is 0 Å². The highest BCUT2D eigenvalue weighted by atomic mass is 14.1. The lowest BCUT2D eigenvalue weighted by Crippen LogP contribution is -1.89. The van der Waals surface area contributed by atoms with Gasteiger partial charge in [0.2, 0.25) is 0 Å². The van der Waals surface area contributed by atoms with E-state index < -0.39 is 0 Å². The van der Waals surface area contributed by atoms with E-state index in [4.69, 9.17) is 0 Å². The van der Waals surface area contributed by atoms with Gasteiger partial charge in [-0.2, -0.15) is 0 Å². The molecule has 0 aliphatic heterocycles. The van der Waals surface area contributed by atoms with Crippen molar-refractivity contribution in [1.82, 2.24) is 0 Å². The van der Waals surface area contributed by atoms with Crippen LogP contribution in [0.5, 0.6) is 0 Å².